The van der Waals surface area contributed by atoms with Crippen molar-refractivity contribution >= 4 is 39.1 Å². The Morgan fingerprint density at radius 1 is 1.71 bits per heavy atom. The van der Waals surface area contributed by atoms with E-state index in [0.717, 1.165) is 10.2 Å². The van der Waals surface area contributed by atoms with E-state index in [2.05, 4.69) is 4.98 Å². The van der Waals surface area contributed by atoms with Gasteiger partial charge in [-0.1, -0.05) is 11.6 Å². The number of hydrogen-bond donors (Lipinski definition) is 1. The SMILES string of the molecule is CCOC(=O)c1cc2c(Cl)csc2[nH]1. The van der Waals surface area contributed by atoms with E-state index in [0.29, 0.717) is 17.3 Å². The van der Waals surface area contributed by atoms with Gasteiger partial charge in [0, 0.05) is 10.8 Å². The fourth-order valence-corrected chi connectivity index (χ4v) is 2.35. The summed E-state index contributed by atoms with van der Waals surface area (Å²) in [5.41, 5.74) is 0.454. The van der Waals surface area contributed by atoms with Crippen LogP contribution < -0.4 is 0 Å². The monoisotopic (exact) mass is 229 g/mol. The van der Waals surface area contributed by atoms with Crippen LogP contribution in [0.25, 0.3) is 10.2 Å². The Kier molecular flexibility index (Phi) is 2.48. The molecule has 0 atom stereocenters. The van der Waals surface area contributed by atoms with Gasteiger partial charge in [-0.2, -0.15) is 0 Å². The van der Waals surface area contributed by atoms with E-state index in [9.17, 15) is 4.79 Å². The highest BCUT2D eigenvalue weighted by Gasteiger charge is 2.12. The molecule has 0 aliphatic heterocycles. The number of nitrogens with one attached hydrogen (secondary N) is 1. The molecule has 2 heterocycles. The number of thiophene rings is 1. The molecule has 2 rings (SSSR count). The van der Waals surface area contributed by atoms with Gasteiger partial charge in [-0.15, -0.1) is 11.3 Å². The summed E-state index contributed by atoms with van der Waals surface area (Å²) in [6.45, 7) is 2.15. The Morgan fingerprint density at radius 3 is 3.14 bits per heavy atom. The van der Waals surface area contributed by atoms with E-state index < -0.39 is 0 Å². The number of ether oxygens (including phenoxy) is 1. The molecule has 0 unspecified atom stereocenters. The van der Waals surface area contributed by atoms with Crippen LogP contribution in [-0.4, -0.2) is 17.6 Å². The molecular weight excluding hydrogens is 222 g/mol. The third-order valence-electron chi connectivity index (χ3n) is 1.81. The third kappa shape index (κ3) is 1.51. The second kappa shape index (κ2) is 3.63. The molecule has 2 aromatic heterocycles. The normalized spacial score (nSPS) is 10.7. The summed E-state index contributed by atoms with van der Waals surface area (Å²) in [7, 11) is 0. The standard InChI is InChI=1S/C9H8ClNO2S/c1-2-13-9(12)7-3-5-6(10)4-14-8(5)11-7/h3-4,11H,2H2,1H3. The molecule has 14 heavy (non-hydrogen) atoms. The molecule has 5 heteroatoms. The van der Waals surface area contributed by atoms with Crippen LogP contribution in [0.2, 0.25) is 5.02 Å². The number of esters is 1. The minimum Gasteiger partial charge on any atom is -0.461 e. The first kappa shape index (κ1) is 9.55. The van der Waals surface area contributed by atoms with Crippen LogP contribution in [0.1, 0.15) is 17.4 Å². The molecule has 0 amide bonds. The number of carbonyl (C=O) groups is 1. The lowest BCUT2D eigenvalue weighted by atomic mass is 10.3. The van der Waals surface area contributed by atoms with Crippen LogP contribution in [0.15, 0.2) is 11.4 Å². The number of rotatable bonds is 2. The zero-order chi connectivity index (χ0) is 10.1. The van der Waals surface area contributed by atoms with Crippen LogP contribution >= 0.6 is 22.9 Å². The van der Waals surface area contributed by atoms with Gasteiger partial charge < -0.3 is 9.72 Å². The van der Waals surface area contributed by atoms with Gasteiger partial charge in [0.15, 0.2) is 0 Å². The first-order valence-corrected chi connectivity index (χ1v) is 5.41. The first-order valence-electron chi connectivity index (χ1n) is 4.15. The van der Waals surface area contributed by atoms with E-state index in [1.165, 1.54) is 11.3 Å². The smallest absolute Gasteiger partial charge is 0.354 e. The van der Waals surface area contributed by atoms with Crippen molar-refractivity contribution in [3.63, 3.8) is 0 Å². The number of H-pyrrole nitrogens is 1. The van der Waals surface area contributed by atoms with Crippen LogP contribution in [-0.2, 0) is 4.74 Å². The molecule has 0 saturated heterocycles. The quantitative estimate of drug-likeness (QED) is 0.805. The molecule has 3 nitrogen and oxygen atoms in total. The highest BCUT2D eigenvalue weighted by molar-refractivity contribution is 7.17. The first-order chi connectivity index (χ1) is 6.72. The van der Waals surface area contributed by atoms with Crippen LogP contribution in [0.5, 0.6) is 0 Å². The number of aromatic nitrogens is 1. The van der Waals surface area contributed by atoms with Gasteiger partial charge in [0.05, 0.1) is 11.6 Å². The number of aromatic amines is 1. The van der Waals surface area contributed by atoms with Crippen molar-refractivity contribution in [2.24, 2.45) is 0 Å². The van der Waals surface area contributed by atoms with E-state index in [4.69, 9.17) is 16.3 Å². The summed E-state index contributed by atoms with van der Waals surface area (Å²) in [6, 6.07) is 1.71. The molecule has 0 bridgehead atoms. The Hall–Kier alpha value is -1.00. The average molecular weight is 230 g/mol. The summed E-state index contributed by atoms with van der Waals surface area (Å²) in [5.74, 6) is -0.341. The minimum atomic E-state index is -0.341. The summed E-state index contributed by atoms with van der Waals surface area (Å²) >= 11 is 7.38. The van der Waals surface area contributed by atoms with Gasteiger partial charge in [0.2, 0.25) is 0 Å². The molecule has 1 N–H and O–H groups in total. The van der Waals surface area contributed by atoms with Crippen LogP contribution in [0.4, 0.5) is 0 Å². The summed E-state index contributed by atoms with van der Waals surface area (Å²) in [4.78, 5) is 15.2. The predicted molar refractivity (Wildman–Crippen MR) is 57.1 cm³/mol. The molecule has 0 spiro atoms. The van der Waals surface area contributed by atoms with E-state index >= 15 is 0 Å². The van der Waals surface area contributed by atoms with E-state index in [-0.39, 0.29) is 5.97 Å². The van der Waals surface area contributed by atoms with Crippen molar-refractivity contribution in [1.29, 1.82) is 0 Å². The fourth-order valence-electron chi connectivity index (χ4n) is 1.20. The highest BCUT2D eigenvalue weighted by Crippen LogP contribution is 2.30. The lowest BCUT2D eigenvalue weighted by Gasteiger charge is -1.96. The van der Waals surface area contributed by atoms with Gasteiger partial charge in [-0.3, -0.25) is 0 Å². The molecule has 0 radical (unpaired) electrons. The van der Waals surface area contributed by atoms with Crippen molar-refractivity contribution in [3.8, 4) is 0 Å². The Balaban J connectivity index is 2.40. The lowest BCUT2D eigenvalue weighted by molar-refractivity contribution is 0.0520. The van der Waals surface area contributed by atoms with Gasteiger partial charge in [-0.25, -0.2) is 4.79 Å². The molecule has 0 aliphatic rings. The maximum atomic E-state index is 11.3. The molecule has 0 fully saturated rings. The van der Waals surface area contributed by atoms with Crippen LogP contribution in [0.3, 0.4) is 0 Å². The van der Waals surface area contributed by atoms with Crippen LogP contribution in [0, 0.1) is 0 Å². The number of carbonyl (C=O) groups excluding carboxylic acids is 1. The second-order valence-corrected chi connectivity index (χ2v) is 4.02. The number of fused-ring (bicyclic) bond motifs is 1. The molecule has 0 aromatic carbocycles. The van der Waals surface area contributed by atoms with Crippen molar-refractivity contribution in [2.45, 2.75) is 6.92 Å². The molecule has 74 valence electrons. The van der Waals surface area contributed by atoms with Gasteiger partial charge in [-0.05, 0) is 13.0 Å². The molecular formula is C9H8ClNO2S. The zero-order valence-electron chi connectivity index (χ0n) is 7.46. The van der Waals surface area contributed by atoms with E-state index in [1.54, 1.807) is 13.0 Å². The van der Waals surface area contributed by atoms with Crippen molar-refractivity contribution in [3.05, 3.63) is 22.2 Å². The minimum absolute atomic E-state index is 0.341. The summed E-state index contributed by atoms with van der Waals surface area (Å²) in [6.07, 6.45) is 0. The summed E-state index contributed by atoms with van der Waals surface area (Å²) in [5, 5.41) is 3.37. The second-order valence-electron chi connectivity index (χ2n) is 2.73. The molecule has 0 aliphatic carbocycles. The predicted octanol–water partition coefficient (Wildman–Crippen LogP) is 3.06. The zero-order valence-corrected chi connectivity index (χ0v) is 9.04. The number of halogens is 1. The van der Waals surface area contributed by atoms with Crippen molar-refractivity contribution in [2.75, 3.05) is 6.61 Å². The fraction of sp³-hybridized carbons (Fsp3) is 0.222. The molecule has 2 aromatic rings. The Bertz CT molecular complexity index is 474. The maximum absolute atomic E-state index is 11.3. The van der Waals surface area contributed by atoms with Gasteiger partial charge in [0.25, 0.3) is 0 Å². The topological polar surface area (TPSA) is 42.1 Å². The van der Waals surface area contributed by atoms with Gasteiger partial charge >= 0.3 is 5.97 Å². The van der Waals surface area contributed by atoms with Gasteiger partial charge in [0.1, 0.15) is 10.5 Å². The third-order valence-corrected chi connectivity index (χ3v) is 3.17. The Labute approximate surface area is 89.6 Å². The van der Waals surface area contributed by atoms with E-state index in [1.807, 2.05) is 5.38 Å². The number of hydrogen-bond acceptors (Lipinski definition) is 3. The van der Waals surface area contributed by atoms with Crippen molar-refractivity contribution < 1.29 is 9.53 Å². The average Bonchev–Trinajstić information content (AvgIpc) is 2.69. The lowest BCUT2D eigenvalue weighted by Crippen LogP contribution is -2.04. The highest BCUT2D eigenvalue weighted by atomic mass is 35.5. The summed E-state index contributed by atoms with van der Waals surface area (Å²) < 4.78 is 4.86. The maximum Gasteiger partial charge on any atom is 0.354 e. The van der Waals surface area contributed by atoms with Crippen molar-refractivity contribution in [1.82, 2.24) is 4.98 Å². The molecule has 0 saturated carbocycles. The largest absolute Gasteiger partial charge is 0.461 e. The Morgan fingerprint density at radius 2 is 2.50 bits per heavy atom.